The number of aromatic nitrogens is 1. The molecule has 1 saturated heterocycles. The van der Waals surface area contributed by atoms with E-state index in [0.717, 1.165) is 44.0 Å². The molecule has 1 aliphatic heterocycles. The van der Waals surface area contributed by atoms with Crippen LogP contribution in [0.3, 0.4) is 0 Å². The summed E-state index contributed by atoms with van der Waals surface area (Å²) in [5, 5.41) is 24.4. The lowest BCUT2D eigenvalue weighted by molar-refractivity contribution is 0.0598. The lowest BCUT2D eigenvalue weighted by atomic mass is 9.97. The molecule has 5 nitrogen and oxygen atoms in total. The Kier molecular flexibility index (Phi) is 7.25. The van der Waals surface area contributed by atoms with E-state index in [2.05, 4.69) is 111 Å². The number of fused-ring (bicyclic) bond motifs is 3. The van der Waals surface area contributed by atoms with Crippen molar-refractivity contribution in [2.45, 2.75) is 12.6 Å². The van der Waals surface area contributed by atoms with Crippen molar-refractivity contribution in [2.75, 3.05) is 45.9 Å². The predicted octanol–water partition coefficient (Wildman–Crippen LogP) is 5.10. The van der Waals surface area contributed by atoms with Gasteiger partial charge in [-0.05, 0) is 16.5 Å². The lowest BCUT2D eigenvalue weighted by Crippen LogP contribution is -2.49. The van der Waals surface area contributed by atoms with E-state index in [1.54, 1.807) is 0 Å². The van der Waals surface area contributed by atoms with Crippen LogP contribution in [0.5, 0.6) is 0 Å². The summed E-state index contributed by atoms with van der Waals surface area (Å²) < 4.78 is 2.36. The molecular weight excluding hydrogens is 470 g/mol. The van der Waals surface area contributed by atoms with Crippen LogP contribution < -0.4 is 0 Å². The first-order valence-electron chi connectivity index (χ1n) is 13.6. The van der Waals surface area contributed by atoms with Gasteiger partial charge in [-0.2, -0.15) is 0 Å². The molecule has 0 radical (unpaired) electrons. The summed E-state index contributed by atoms with van der Waals surface area (Å²) in [6.07, 6.45) is -0.514. The minimum absolute atomic E-state index is 0.198. The first kappa shape index (κ1) is 24.8. The van der Waals surface area contributed by atoms with E-state index in [1.165, 1.54) is 32.8 Å². The fraction of sp³-hybridized carbons (Fsp3) is 0.273. The number of aliphatic hydroxyl groups is 2. The summed E-state index contributed by atoms with van der Waals surface area (Å²) in [6, 6.07) is 34.2. The van der Waals surface area contributed by atoms with E-state index >= 15 is 0 Å². The third-order valence-corrected chi connectivity index (χ3v) is 7.80. The Balaban J connectivity index is 1.47. The quantitative estimate of drug-likeness (QED) is 0.308. The fourth-order valence-corrected chi connectivity index (χ4v) is 6.00. The number of benzene rings is 4. The summed E-state index contributed by atoms with van der Waals surface area (Å²) in [7, 11) is 0. The molecule has 0 aliphatic carbocycles. The van der Waals surface area contributed by atoms with Crippen LogP contribution >= 0.6 is 0 Å². The maximum Gasteiger partial charge on any atom is 0.0845 e. The van der Waals surface area contributed by atoms with Gasteiger partial charge >= 0.3 is 0 Å². The minimum Gasteiger partial charge on any atom is -0.395 e. The van der Waals surface area contributed by atoms with Gasteiger partial charge < -0.3 is 14.8 Å². The zero-order valence-electron chi connectivity index (χ0n) is 21.7. The van der Waals surface area contributed by atoms with Crippen LogP contribution in [0, 0.1) is 0 Å². The van der Waals surface area contributed by atoms with E-state index in [4.69, 9.17) is 0 Å². The molecule has 6 rings (SSSR count). The monoisotopic (exact) mass is 505 g/mol. The van der Waals surface area contributed by atoms with E-state index < -0.39 is 6.10 Å². The Hall–Kier alpha value is -3.48. The van der Waals surface area contributed by atoms with Gasteiger partial charge in [-0.1, -0.05) is 97.1 Å². The van der Waals surface area contributed by atoms with Crippen molar-refractivity contribution in [3.05, 3.63) is 97.1 Å². The highest BCUT2D eigenvalue weighted by atomic mass is 16.3. The summed E-state index contributed by atoms with van der Waals surface area (Å²) in [5.41, 5.74) is 5.86. The van der Waals surface area contributed by atoms with Gasteiger partial charge in [0.2, 0.25) is 0 Å². The van der Waals surface area contributed by atoms with Crippen molar-refractivity contribution in [1.29, 1.82) is 0 Å². The van der Waals surface area contributed by atoms with Gasteiger partial charge in [0.25, 0.3) is 0 Å². The SMILES string of the molecule is OCCN1CCN(CC(O)Cn2c(-c3ccccc3)c(-c3ccccc3)c3ccc4ccccc4c32)CC1. The van der Waals surface area contributed by atoms with Crippen molar-refractivity contribution in [3.63, 3.8) is 0 Å². The van der Waals surface area contributed by atoms with Crippen molar-refractivity contribution >= 4 is 21.7 Å². The molecule has 0 saturated carbocycles. The van der Waals surface area contributed by atoms with Crippen LogP contribution in [0.1, 0.15) is 0 Å². The number of hydrogen-bond acceptors (Lipinski definition) is 4. The Morgan fingerprint density at radius 2 is 1.26 bits per heavy atom. The van der Waals surface area contributed by atoms with Crippen molar-refractivity contribution in [1.82, 2.24) is 14.4 Å². The van der Waals surface area contributed by atoms with Gasteiger partial charge in [-0.15, -0.1) is 0 Å². The van der Waals surface area contributed by atoms with E-state index in [9.17, 15) is 10.2 Å². The first-order valence-corrected chi connectivity index (χ1v) is 13.6. The zero-order valence-corrected chi connectivity index (χ0v) is 21.7. The van der Waals surface area contributed by atoms with E-state index in [1.807, 2.05) is 0 Å². The van der Waals surface area contributed by atoms with Gasteiger partial charge in [0.15, 0.2) is 0 Å². The Bertz CT molecular complexity index is 1510. The fourth-order valence-electron chi connectivity index (χ4n) is 6.00. The molecule has 1 aromatic heterocycles. The van der Waals surface area contributed by atoms with Gasteiger partial charge in [-0.25, -0.2) is 0 Å². The molecule has 1 fully saturated rings. The van der Waals surface area contributed by atoms with Crippen molar-refractivity contribution < 1.29 is 10.2 Å². The molecular formula is C33H35N3O2. The topological polar surface area (TPSA) is 51.9 Å². The average Bonchev–Trinajstić information content (AvgIpc) is 3.29. The molecule has 4 aromatic carbocycles. The molecule has 0 spiro atoms. The van der Waals surface area contributed by atoms with Crippen molar-refractivity contribution in [2.24, 2.45) is 0 Å². The maximum absolute atomic E-state index is 11.5. The number of β-amino-alcohol motifs (C(OH)–C–C–N with tert-alkyl or cyclic N) is 2. The third kappa shape index (κ3) is 4.86. The molecule has 1 aliphatic rings. The molecule has 194 valence electrons. The maximum atomic E-state index is 11.5. The number of hydrogen-bond donors (Lipinski definition) is 2. The van der Waals surface area contributed by atoms with Gasteiger partial charge in [-0.3, -0.25) is 9.80 Å². The second-order valence-electron chi connectivity index (χ2n) is 10.3. The number of piperazine rings is 1. The van der Waals surface area contributed by atoms with Crippen LogP contribution in [-0.2, 0) is 6.54 Å². The Labute approximate surface area is 224 Å². The van der Waals surface area contributed by atoms with Crippen LogP contribution in [0.4, 0.5) is 0 Å². The summed E-state index contributed by atoms with van der Waals surface area (Å²) in [6.45, 7) is 5.74. The van der Waals surface area contributed by atoms with Crippen LogP contribution in [0.25, 0.3) is 44.1 Å². The average molecular weight is 506 g/mol. The summed E-state index contributed by atoms with van der Waals surface area (Å²) >= 11 is 0. The molecule has 1 atom stereocenters. The lowest BCUT2D eigenvalue weighted by Gasteiger charge is -2.35. The summed E-state index contributed by atoms with van der Waals surface area (Å²) in [5.74, 6) is 0. The molecule has 5 heteroatoms. The van der Waals surface area contributed by atoms with Crippen molar-refractivity contribution in [3.8, 4) is 22.4 Å². The molecule has 2 N–H and O–H groups in total. The second-order valence-corrected chi connectivity index (χ2v) is 10.3. The van der Waals surface area contributed by atoms with E-state index in [-0.39, 0.29) is 6.61 Å². The molecule has 0 amide bonds. The standard InChI is InChI=1S/C33H35N3O2/c37-22-21-34-17-19-35(20-18-34)23-28(38)24-36-32(27-12-5-2-6-13-27)31(26-10-3-1-4-11-26)30-16-15-25-9-7-8-14-29(25)33(30)36/h1-16,28,37-38H,17-24H2. The first-order chi connectivity index (χ1) is 18.7. The largest absolute Gasteiger partial charge is 0.395 e. The van der Waals surface area contributed by atoms with E-state index in [0.29, 0.717) is 13.1 Å². The zero-order chi connectivity index (χ0) is 25.9. The number of nitrogens with zero attached hydrogens (tertiary/aromatic N) is 3. The molecule has 5 aromatic rings. The smallest absolute Gasteiger partial charge is 0.0845 e. The minimum atomic E-state index is -0.514. The van der Waals surface area contributed by atoms with Crippen LogP contribution in [-0.4, -0.2) is 76.6 Å². The van der Waals surface area contributed by atoms with Crippen LogP contribution in [0.2, 0.25) is 0 Å². The highest BCUT2D eigenvalue weighted by molar-refractivity contribution is 6.15. The predicted molar refractivity (Wildman–Crippen MR) is 156 cm³/mol. The second kappa shape index (κ2) is 11.1. The molecule has 2 heterocycles. The number of rotatable bonds is 8. The Morgan fingerprint density at radius 3 is 1.97 bits per heavy atom. The Morgan fingerprint density at radius 1 is 0.632 bits per heavy atom. The number of aliphatic hydroxyl groups excluding tert-OH is 2. The van der Waals surface area contributed by atoms with Crippen LogP contribution in [0.15, 0.2) is 97.1 Å². The third-order valence-electron chi connectivity index (χ3n) is 7.80. The van der Waals surface area contributed by atoms with Gasteiger partial charge in [0, 0.05) is 55.6 Å². The van der Waals surface area contributed by atoms with Gasteiger partial charge in [0.1, 0.15) is 0 Å². The molecule has 0 bridgehead atoms. The normalized spacial score (nSPS) is 15.8. The van der Waals surface area contributed by atoms with Gasteiger partial charge in [0.05, 0.1) is 30.5 Å². The highest BCUT2D eigenvalue weighted by Gasteiger charge is 2.25. The molecule has 38 heavy (non-hydrogen) atoms. The summed E-state index contributed by atoms with van der Waals surface area (Å²) in [4.78, 5) is 4.64. The molecule has 1 unspecified atom stereocenters. The highest BCUT2D eigenvalue weighted by Crippen LogP contribution is 2.43.